The Morgan fingerprint density at radius 3 is 2.81 bits per heavy atom. The van der Waals surface area contributed by atoms with Crippen molar-refractivity contribution >= 4 is 5.97 Å². The third kappa shape index (κ3) is 4.34. The number of nitrogens with zero attached hydrogens (tertiary/aromatic N) is 1. The van der Waals surface area contributed by atoms with Crippen LogP contribution in [0.2, 0.25) is 0 Å². The van der Waals surface area contributed by atoms with E-state index in [9.17, 15) is 4.79 Å². The van der Waals surface area contributed by atoms with Gasteiger partial charge in [0.15, 0.2) is 11.5 Å². The number of morpholine rings is 1. The Morgan fingerprint density at radius 2 is 2.14 bits per heavy atom. The van der Waals surface area contributed by atoms with Crippen molar-refractivity contribution in [1.82, 2.24) is 4.90 Å². The second-order valence-corrected chi connectivity index (χ2v) is 5.02. The van der Waals surface area contributed by atoms with Gasteiger partial charge in [0, 0.05) is 19.6 Å². The van der Waals surface area contributed by atoms with Crippen LogP contribution >= 0.6 is 0 Å². The molecule has 1 atom stereocenters. The van der Waals surface area contributed by atoms with Crippen LogP contribution in [0.3, 0.4) is 0 Å². The maximum absolute atomic E-state index is 10.8. The predicted molar refractivity (Wildman–Crippen MR) is 76.8 cm³/mol. The molecule has 1 aliphatic rings. The predicted octanol–water partition coefficient (Wildman–Crippen LogP) is 1.38. The third-order valence-electron chi connectivity index (χ3n) is 3.48. The van der Waals surface area contributed by atoms with Gasteiger partial charge in [-0.05, 0) is 17.7 Å². The van der Waals surface area contributed by atoms with E-state index in [1.54, 1.807) is 14.2 Å². The quantitative estimate of drug-likeness (QED) is 0.855. The molecule has 1 aliphatic heterocycles. The first kappa shape index (κ1) is 15.6. The van der Waals surface area contributed by atoms with Crippen molar-refractivity contribution in [3.63, 3.8) is 0 Å². The fourth-order valence-electron chi connectivity index (χ4n) is 2.48. The number of carboxylic acid groups (broad SMARTS) is 1. The molecule has 1 N–H and O–H groups in total. The van der Waals surface area contributed by atoms with Gasteiger partial charge in [0.05, 0.1) is 33.4 Å². The first-order chi connectivity index (χ1) is 10.1. The average Bonchev–Trinajstić information content (AvgIpc) is 2.46. The molecule has 0 saturated carbocycles. The number of carboxylic acids is 1. The molecular formula is C15H21NO5. The normalized spacial score (nSPS) is 19.2. The van der Waals surface area contributed by atoms with Crippen LogP contribution in [0.1, 0.15) is 12.0 Å². The number of carbonyl (C=O) groups is 1. The summed E-state index contributed by atoms with van der Waals surface area (Å²) in [7, 11) is 3.22. The van der Waals surface area contributed by atoms with Gasteiger partial charge >= 0.3 is 5.97 Å². The van der Waals surface area contributed by atoms with Crippen LogP contribution < -0.4 is 9.47 Å². The summed E-state index contributed by atoms with van der Waals surface area (Å²) in [5.41, 5.74) is 1.10. The Kier molecular flexibility index (Phi) is 5.41. The summed E-state index contributed by atoms with van der Waals surface area (Å²) in [5.74, 6) is 0.574. The van der Waals surface area contributed by atoms with E-state index in [0.29, 0.717) is 24.7 Å². The number of hydrogen-bond donors (Lipinski definition) is 1. The number of benzene rings is 1. The molecule has 6 heteroatoms. The summed E-state index contributed by atoms with van der Waals surface area (Å²) in [6, 6.07) is 5.81. The number of hydrogen-bond acceptors (Lipinski definition) is 5. The van der Waals surface area contributed by atoms with E-state index >= 15 is 0 Å². The molecule has 21 heavy (non-hydrogen) atoms. The minimum atomic E-state index is -0.826. The number of methoxy groups -OCH3 is 2. The highest BCUT2D eigenvalue weighted by molar-refractivity contribution is 5.67. The molecule has 1 fully saturated rings. The number of aliphatic carboxylic acids is 1. The molecule has 0 radical (unpaired) electrons. The Labute approximate surface area is 124 Å². The zero-order valence-electron chi connectivity index (χ0n) is 12.4. The summed E-state index contributed by atoms with van der Waals surface area (Å²) in [4.78, 5) is 13.0. The van der Waals surface area contributed by atoms with Crippen molar-refractivity contribution in [3.8, 4) is 11.5 Å². The lowest BCUT2D eigenvalue weighted by Gasteiger charge is -2.32. The topological polar surface area (TPSA) is 68.2 Å². The van der Waals surface area contributed by atoms with Crippen LogP contribution in [-0.2, 0) is 16.1 Å². The lowest BCUT2D eigenvalue weighted by molar-refractivity contribution is -0.142. The monoisotopic (exact) mass is 295 g/mol. The first-order valence-electron chi connectivity index (χ1n) is 6.89. The zero-order chi connectivity index (χ0) is 15.2. The summed E-state index contributed by atoms with van der Waals surface area (Å²) in [6.07, 6.45) is -0.195. The van der Waals surface area contributed by atoms with E-state index in [1.807, 2.05) is 18.2 Å². The Hall–Kier alpha value is -1.79. The molecule has 0 aliphatic carbocycles. The smallest absolute Gasteiger partial charge is 0.306 e. The number of ether oxygens (including phenoxy) is 3. The molecule has 0 spiro atoms. The van der Waals surface area contributed by atoms with Crippen molar-refractivity contribution in [2.24, 2.45) is 0 Å². The van der Waals surface area contributed by atoms with Crippen molar-refractivity contribution in [2.45, 2.75) is 19.1 Å². The maximum atomic E-state index is 10.8. The van der Waals surface area contributed by atoms with Crippen molar-refractivity contribution in [2.75, 3.05) is 33.9 Å². The van der Waals surface area contributed by atoms with E-state index in [-0.39, 0.29) is 12.5 Å². The van der Waals surface area contributed by atoms with Gasteiger partial charge in [-0.25, -0.2) is 0 Å². The summed E-state index contributed by atoms with van der Waals surface area (Å²) in [6.45, 7) is 2.72. The van der Waals surface area contributed by atoms with Gasteiger partial charge in [0.2, 0.25) is 0 Å². The van der Waals surface area contributed by atoms with Crippen molar-refractivity contribution < 1.29 is 24.1 Å². The van der Waals surface area contributed by atoms with Crippen molar-refractivity contribution in [3.05, 3.63) is 23.8 Å². The molecule has 6 nitrogen and oxygen atoms in total. The maximum Gasteiger partial charge on any atom is 0.306 e. The van der Waals surface area contributed by atoms with Crippen LogP contribution in [0.25, 0.3) is 0 Å². The highest BCUT2D eigenvalue weighted by Crippen LogP contribution is 2.28. The van der Waals surface area contributed by atoms with Gasteiger partial charge in [-0.3, -0.25) is 9.69 Å². The minimum Gasteiger partial charge on any atom is -0.493 e. The molecule has 1 aromatic carbocycles. The second-order valence-electron chi connectivity index (χ2n) is 5.02. The highest BCUT2D eigenvalue weighted by Gasteiger charge is 2.22. The van der Waals surface area contributed by atoms with E-state index < -0.39 is 5.97 Å². The van der Waals surface area contributed by atoms with E-state index in [0.717, 1.165) is 18.7 Å². The van der Waals surface area contributed by atoms with Crippen LogP contribution in [0.4, 0.5) is 0 Å². The van der Waals surface area contributed by atoms with Crippen LogP contribution in [-0.4, -0.2) is 56.0 Å². The molecule has 2 rings (SSSR count). The molecule has 116 valence electrons. The van der Waals surface area contributed by atoms with Crippen LogP contribution in [0.5, 0.6) is 11.5 Å². The zero-order valence-corrected chi connectivity index (χ0v) is 12.4. The van der Waals surface area contributed by atoms with Gasteiger partial charge < -0.3 is 19.3 Å². The Balaban J connectivity index is 1.99. The van der Waals surface area contributed by atoms with Crippen LogP contribution in [0, 0.1) is 0 Å². The Bertz CT molecular complexity index is 491. The fraction of sp³-hybridized carbons (Fsp3) is 0.533. The van der Waals surface area contributed by atoms with Gasteiger partial charge in [-0.1, -0.05) is 6.07 Å². The van der Waals surface area contributed by atoms with E-state index in [2.05, 4.69) is 4.90 Å². The summed E-state index contributed by atoms with van der Waals surface area (Å²) < 4.78 is 16.0. The van der Waals surface area contributed by atoms with Gasteiger partial charge in [0.1, 0.15) is 0 Å². The molecule has 0 amide bonds. The lowest BCUT2D eigenvalue weighted by atomic mass is 10.1. The van der Waals surface area contributed by atoms with E-state index in [1.165, 1.54) is 0 Å². The number of rotatable bonds is 6. The molecule has 1 heterocycles. The average molecular weight is 295 g/mol. The van der Waals surface area contributed by atoms with Gasteiger partial charge in [0.25, 0.3) is 0 Å². The van der Waals surface area contributed by atoms with E-state index in [4.69, 9.17) is 19.3 Å². The molecule has 0 aromatic heterocycles. The minimum absolute atomic E-state index is 0.0441. The van der Waals surface area contributed by atoms with Crippen LogP contribution in [0.15, 0.2) is 18.2 Å². The largest absolute Gasteiger partial charge is 0.493 e. The molecule has 1 saturated heterocycles. The summed E-state index contributed by atoms with van der Waals surface area (Å²) in [5, 5.41) is 8.84. The summed E-state index contributed by atoms with van der Waals surface area (Å²) >= 11 is 0. The van der Waals surface area contributed by atoms with Gasteiger partial charge in [-0.2, -0.15) is 0 Å². The fourth-order valence-corrected chi connectivity index (χ4v) is 2.48. The Morgan fingerprint density at radius 1 is 1.38 bits per heavy atom. The highest BCUT2D eigenvalue weighted by atomic mass is 16.5. The SMILES string of the molecule is COc1ccc(CN2CCO[C@@H](CC(=O)O)C2)cc1OC. The molecular weight excluding hydrogens is 274 g/mol. The second kappa shape index (κ2) is 7.28. The van der Waals surface area contributed by atoms with Crippen molar-refractivity contribution in [1.29, 1.82) is 0 Å². The lowest BCUT2D eigenvalue weighted by Crippen LogP contribution is -2.42. The standard InChI is InChI=1S/C15H21NO5/c1-19-13-4-3-11(7-14(13)20-2)9-16-5-6-21-12(10-16)8-15(17)18/h3-4,7,12H,5-6,8-10H2,1-2H3,(H,17,18)/t12-/m0/s1. The third-order valence-corrected chi connectivity index (χ3v) is 3.48. The molecule has 1 aromatic rings. The first-order valence-corrected chi connectivity index (χ1v) is 6.89. The van der Waals surface area contributed by atoms with Gasteiger partial charge in [-0.15, -0.1) is 0 Å². The molecule has 0 bridgehead atoms. The molecule has 0 unspecified atom stereocenters.